The summed E-state index contributed by atoms with van der Waals surface area (Å²) >= 11 is 0. The molecule has 0 aromatic heterocycles. The Bertz CT molecular complexity index is 279. The van der Waals surface area contributed by atoms with Crippen molar-refractivity contribution in [3.05, 3.63) is 0 Å². The lowest BCUT2D eigenvalue weighted by Gasteiger charge is -2.32. The molecule has 3 N–H and O–H groups in total. The van der Waals surface area contributed by atoms with E-state index >= 15 is 0 Å². The van der Waals surface area contributed by atoms with E-state index in [9.17, 15) is 8.42 Å². The van der Waals surface area contributed by atoms with Gasteiger partial charge in [-0.1, -0.05) is 6.92 Å². The molecule has 5 nitrogen and oxygen atoms in total. The summed E-state index contributed by atoms with van der Waals surface area (Å²) in [6, 6.07) is 0.417. The summed E-state index contributed by atoms with van der Waals surface area (Å²) in [6.45, 7) is 5.84. The molecule has 90 valence electrons. The van der Waals surface area contributed by atoms with Gasteiger partial charge in [0, 0.05) is 19.1 Å². The van der Waals surface area contributed by atoms with Crippen molar-refractivity contribution in [2.45, 2.75) is 25.8 Å². The molecule has 1 rings (SSSR count). The summed E-state index contributed by atoms with van der Waals surface area (Å²) in [5.74, 6) is 0.0234. The Balaban J connectivity index is 2.21. The molecule has 0 radical (unpaired) electrons. The van der Waals surface area contributed by atoms with Crippen molar-refractivity contribution in [2.24, 2.45) is 5.14 Å². The largest absolute Gasteiger partial charge is 0.312 e. The molecule has 6 heteroatoms. The van der Waals surface area contributed by atoms with Gasteiger partial charge in [-0.15, -0.1) is 0 Å². The molecule has 1 saturated heterocycles. The van der Waals surface area contributed by atoms with Crippen LogP contribution in [0.25, 0.3) is 0 Å². The van der Waals surface area contributed by atoms with E-state index in [0.717, 1.165) is 26.1 Å². The fourth-order valence-corrected chi connectivity index (χ4v) is 2.32. The van der Waals surface area contributed by atoms with Crippen LogP contribution in [-0.4, -0.2) is 51.3 Å². The van der Waals surface area contributed by atoms with Crippen molar-refractivity contribution in [2.75, 3.05) is 31.9 Å². The number of likely N-dealkylation sites (N-methyl/N-ethyl adjacent to an activating group) is 1. The van der Waals surface area contributed by atoms with Crippen LogP contribution in [0.1, 0.15) is 19.8 Å². The number of primary sulfonamides is 1. The average molecular weight is 235 g/mol. The normalized spacial score (nSPS) is 24.3. The monoisotopic (exact) mass is 235 g/mol. The van der Waals surface area contributed by atoms with E-state index in [1.165, 1.54) is 6.42 Å². The number of hydrogen-bond donors (Lipinski definition) is 2. The summed E-state index contributed by atoms with van der Waals surface area (Å²) in [7, 11) is -3.32. The zero-order valence-corrected chi connectivity index (χ0v) is 10.1. The number of nitrogens with two attached hydrogens (primary N) is 1. The smallest absolute Gasteiger partial charge is 0.210 e. The second-order valence-electron chi connectivity index (χ2n) is 4.05. The average Bonchev–Trinajstić information content (AvgIpc) is 2.16. The standard InChI is InChI=1S/C9H21N3O2S/c1-2-12-6-3-4-9(8-12)11-5-7-15(10,13)14/h9,11H,2-8H2,1H3,(H2,10,13,14). The van der Waals surface area contributed by atoms with Crippen molar-refractivity contribution in [1.29, 1.82) is 0 Å². The van der Waals surface area contributed by atoms with E-state index in [2.05, 4.69) is 17.1 Å². The molecule has 1 fully saturated rings. The minimum Gasteiger partial charge on any atom is -0.312 e. The van der Waals surface area contributed by atoms with E-state index in [0.29, 0.717) is 12.6 Å². The molecule has 1 aliphatic rings. The third kappa shape index (κ3) is 5.46. The van der Waals surface area contributed by atoms with Gasteiger partial charge in [0.2, 0.25) is 10.0 Å². The number of piperidine rings is 1. The molecular weight excluding hydrogens is 214 g/mol. The lowest BCUT2D eigenvalue weighted by molar-refractivity contribution is 0.200. The van der Waals surface area contributed by atoms with E-state index in [1.807, 2.05) is 0 Å². The Morgan fingerprint density at radius 3 is 2.87 bits per heavy atom. The minimum atomic E-state index is -3.32. The van der Waals surface area contributed by atoms with Gasteiger partial charge < -0.3 is 10.2 Å². The fourth-order valence-electron chi connectivity index (χ4n) is 1.91. The van der Waals surface area contributed by atoms with Gasteiger partial charge in [-0.2, -0.15) is 0 Å². The lowest BCUT2D eigenvalue weighted by atomic mass is 10.1. The highest BCUT2D eigenvalue weighted by atomic mass is 32.2. The molecule has 0 aromatic carbocycles. The van der Waals surface area contributed by atoms with Crippen LogP contribution >= 0.6 is 0 Å². The molecule has 1 atom stereocenters. The summed E-state index contributed by atoms with van der Waals surface area (Å²) in [6.07, 6.45) is 2.31. The maximum absolute atomic E-state index is 10.7. The van der Waals surface area contributed by atoms with Crippen molar-refractivity contribution in [3.63, 3.8) is 0 Å². The predicted molar refractivity (Wildman–Crippen MR) is 61.1 cm³/mol. The molecule has 1 heterocycles. The zero-order chi connectivity index (χ0) is 11.3. The molecule has 0 aromatic rings. The Labute approximate surface area is 92.1 Å². The Kier molecular flexibility index (Phi) is 4.98. The number of likely N-dealkylation sites (tertiary alicyclic amines) is 1. The first-order chi connectivity index (χ1) is 7.01. The topological polar surface area (TPSA) is 75.4 Å². The van der Waals surface area contributed by atoms with E-state index in [1.54, 1.807) is 0 Å². The third-order valence-electron chi connectivity index (χ3n) is 2.77. The highest BCUT2D eigenvalue weighted by Crippen LogP contribution is 2.08. The van der Waals surface area contributed by atoms with Crippen molar-refractivity contribution < 1.29 is 8.42 Å². The summed E-state index contributed by atoms with van der Waals surface area (Å²) in [4.78, 5) is 2.37. The Morgan fingerprint density at radius 1 is 1.53 bits per heavy atom. The summed E-state index contributed by atoms with van der Waals surface area (Å²) in [5.41, 5.74) is 0. The second-order valence-corrected chi connectivity index (χ2v) is 5.79. The number of nitrogens with zero attached hydrogens (tertiary/aromatic N) is 1. The molecule has 1 unspecified atom stereocenters. The number of sulfonamides is 1. The first-order valence-corrected chi connectivity index (χ1v) is 7.19. The van der Waals surface area contributed by atoms with Gasteiger partial charge in [0.25, 0.3) is 0 Å². The number of rotatable bonds is 5. The molecular formula is C9H21N3O2S. The Hall–Kier alpha value is -0.170. The number of hydrogen-bond acceptors (Lipinski definition) is 4. The lowest BCUT2D eigenvalue weighted by Crippen LogP contribution is -2.46. The van der Waals surface area contributed by atoms with E-state index in [4.69, 9.17) is 5.14 Å². The van der Waals surface area contributed by atoms with Gasteiger partial charge in [-0.25, -0.2) is 13.6 Å². The van der Waals surface area contributed by atoms with Crippen LogP contribution in [-0.2, 0) is 10.0 Å². The molecule has 0 saturated carbocycles. The predicted octanol–water partition coefficient (Wildman–Crippen LogP) is -0.651. The van der Waals surface area contributed by atoms with E-state index in [-0.39, 0.29) is 5.75 Å². The van der Waals surface area contributed by atoms with Gasteiger partial charge in [0.15, 0.2) is 0 Å². The minimum absolute atomic E-state index is 0.0234. The van der Waals surface area contributed by atoms with Crippen LogP contribution in [0, 0.1) is 0 Å². The van der Waals surface area contributed by atoms with Crippen LogP contribution < -0.4 is 10.5 Å². The highest BCUT2D eigenvalue weighted by molar-refractivity contribution is 7.89. The van der Waals surface area contributed by atoms with Gasteiger partial charge in [0.05, 0.1) is 5.75 Å². The molecule has 15 heavy (non-hydrogen) atoms. The second kappa shape index (κ2) is 5.79. The van der Waals surface area contributed by atoms with Crippen LogP contribution in [0.5, 0.6) is 0 Å². The first kappa shape index (κ1) is 12.9. The number of nitrogens with one attached hydrogen (secondary N) is 1. The van der Waals surface area contributed by atoms with Crippen LogP contribution in [0.4, 0.5) is 0 Å². The Morgan fingerprint density at radius 2 is 2.27 bits per heavy atom. The van der Waals surface area contributed by atoms with Crippen molar-refractivity contribution in [3.8, 4) is 0 Å². The molecule has 0 aliphatic carbocycles. The summed E-state index contributed by atoms with van der Waals surface area (Å²) < 4.78 is 21.4. The van der Waals surface area contributed by atoms with Gasteiger partial charge in [-0.05, 0) is 25.9 Å². The molecule has 0 spiro atoms. The molecule has 0 amide bonds. The highest BCUT2D eigenvalue weighted by Gasteiger charge is 2.18. The first-order valence-electron chi connectivity index (χ1n) is 5.47. The van der Waals surface area contributed by atoms with Gasteiger partial charge in [0.1, 0.15) is 0 Å². The maximum Gasteiger partial charge on any atom is 0.210 e. The quantitative estimate of drug-likeness (QED) is 0.664. The zero-order valence-electron chi connectivity index (χ0n) is 9.28. The van der Waals surface area contributed by atoms with Crippen molar-refractivity contribution >= 4 is 10.0 Å². The van der Waals surface area contributed by atoms with Gasteiger partial charge in [-0.3, -0.25) is 0 Å². The third-order valence-corrected chi connectivity index (χ3v) is 3.55. The van der Waals surface area contributed by atoms with Crippen LogP contribution in [0.2, 0.25) is 0 Å². The van der Waals surface area contributed by atoms with Crippen LogP contribution in [0.3, 0.4) is 0 Å². The van der Waals surface area contributed by atoms with Gasteiger partial charge >= 0.3 is 0 Å². The SMILES string of the molecule is CCN1CCCC(NCCS(N)(=O)=O)C1. The maximum atomic E-state index is 10.7. The fraction of sp³-hybridized carbons (Fsp3) is 1.00. The summed E-state index contributed by atoms with van der Waals surface area (Å²) in [5, 5.41) is 8.17. The van der Waals surface area contributed by atoms with E-state index < -0.39 is 10.0 Å². The van der Waals surface area contributed by atoms with Crippen molar-refractivity contribution in [1.82, 2.24) is 10.2 Å². The molecule has 0 bridgehead atoms. The molecule has 1 aliphatic heterocycles. The van der Waals surface area contributed by atoms with Crippen LogP contribution in [0.15, 0.2) is 0 Å².